The Labute approximate surface area is 172 Å². The second-order valence-electron chi connectivity index (χ2n) is 6.17. The highest BCUT2D eigenvalue weighted by Gasteiger charge is 2.31. The zero-order valence-electron chi connectivity index (χ0n) is 14.9. The number of hydrogen-bond acceptors (Lipinski definition) is 1. The molecule has 3 rings (SSSR count). The van der Waals surface area contributed by atoms with Gasteiger partial charge in [-0.3, -0.25) is 0 Å². The molecule has 29 heavy (non-hydrogen) atoms. The Morgan fingerprint density at radius 2 is 1.86 bits per heavy atom. The number of aryl methyl sites for hydroxylation is 1. The third-order valence-electron chi connectivity index (χ3n) is 4.23. The summed E-state index contributed by atoms with van der Waals surface area (Å²) >= 11 is 3.22. The zero-order chi connectivity index (χ0) is 21.0. The van der Waals surface area contributed by atoms with Crippen LogP contribution in [0.25, 0.3) is 10.9 Å². The van der Waals surface area contributed by atoms with E-state index in [4.69, 9.17) is 0 Å². The number of anilines is 2. The number of halogens is 5. The van der Waals surface area contributed by atoms with Crippen molar-refractivity contribution in [2.24, 2.45) is 0 Å². The van der Waals surface area contributed by atoms with E-state index in [0.717, 1.165) is 23.9 Å². The van der Waals surface area contributed by atoms with E-state index in [1.165, 1.54) is 0 Å². The second-order valence-corrected chi connectivity index (χ2v) is 6.70. The molecular formula is C20H16BrF4N3O. The summed E-state index contributed by atoms with van der Waals surface area (Å²) in [5.41, 5.74) is -0.257. The van der Waals surface area contributed by atoms with Crippen molar-refractivity contribution in [1.29, 1.82) is 0 Å². The number of urea groups is 1. The molecule has 0 unspecified atom stereocenters. The summed E-state index contributed by atoms with van der Waals surface area (Å²) < 4.78 is 54.3. The van der Waals surface area contributed by atoms with Crippen LogP contribution in [0.3, 0.4) is 0 Å². The minimum Gasteiger partial charge on any atom is -0.347 e. The molecule has 0 aliphatic carbocycles. The van der Waals surface area contributed by atoms with Crippen molar-refractivity contribution >= 4 is 44.2 Å². The van der Waals surface area contributed by atoms with Gasteiger partial charge in [-0.1, -0.05) is 28.1 Å². The fourth-order valence-electron chi connectivity index (χ4n) is 2.88. The molecule has 2 amide bonds. The maximum Gasteiger partial charge on any atom is 0.416 e. The first-order valence-electron chi connectivity index (χ1n) is 8.57. The van der Waals surface area contributed by atoms with E-state index >= 15 is 0 Å². The van der Waals surface area contributed by atoms with Gasteiger partial charge in [0.25, 0.3) is 0 Å². The number of allylic oxidation sites excluding steroid dienone is 1. The van der Waals surface area contributed by atoms with E-state index in [1.54, 1.807) is 17.1 Å². The topological polar surface area (TPSA) is 46.1 Å². The van der Waals surface area contributed by atoms with Gasteiger partial charge in [-0.15, -0.1) is 0 Å². The Balaban J connectivity index is 1.79. The first-order chi connectivity index (χ1) is 13.8. The highest BCUT2D eigenvalue weighted by molar-refractivity contribution is 9.11. The Kier molecular flexibility index (Phi) is 6.26. The lowest BCUT2D eigenvalue weighted by Crippen LogP contribution is -2.20. The Bertz CT molecular complexity index is 1060. The molecule has 4 nitrogen and oxygen atoms in total. The normalized spacial score (nSPS) is 11.9. The highest BCUT2D eigenvalue weighted by Crippen LogP contribution is 2.32. The van der Waals surface area contributed by atoms with Gasteiger partial charge in [0.05, 0.1) is 22.5 Å². The molecule has 0 aliphatic rings. The summed E-state index contributed by atoms with van der Waals surface area (Å²) in [4.78, 5) is 14.0. The average molecular weight is 470 g/mol. The largest absolute Gasteiger partial charge is 0.416 e. The van der Waals surface area contributed by atoms with Crippen LogP contribution in [0, 0.1) is 5.82 Å². The van der Waals surface area contributed by atoms with E-state index in [1.807, 2.05) is 29.0 Å². The van der Waals surface area contributed by atoms with Crippen LogP contribution >= 0.6 is 15.9 Å². The molecule has 0 fully saturated rings. The van der Waals surface area contributed by atoms with E-state index in [-0.39, 0.29) is 0 Å². The quantitative estimate of drug-likeness (QED) is 0.399. The molecule has 0 saturated carbocycles. The number of aromatic nitrogens is 1. The van der Waals surface area contributed by atoms with Gasteiger partial charge in [0, 0.05) is 18.1 Å². The van der Waals surface area contributed by atoms with Crippen molar-refractivity contribution in [2.75, 3.05) is 10.6 Å². The third kappa shape index (κ3) is 4.97. The van der Waals surface area contributed by atoms with Gasteiger partial charge in [-0.25, -0.2) is 9.18 Å². The fraction of sp³-hybridized carbons (Fsp3) is 0.150. The van der Waals surface area contributed by atoms with E-state index in [2.05, 4.69) is 26.6 Å². The monoisotopic (exact) mass is 469 g/mol. The molecule has 0 aliphatic heterocycles. The number of amides is 2. The highest BCUT2D eigenvalue weighted by atomic mass is 79.9. The summed E-state index contributed by atoms with van der Waals surface area (Å²) in [6.45, 7) is 0.733. The number of carbonyl (C=O) groups is 1. The molecule has 3 aromatic rings. The Hall–Kier alpha value is -2.81. The first kappa shape index (κ1) is 20.9. The molecule has 0 atom stereocenters. The SMILES string of the molecule is O=C(Nc1cc(C(F)(F)F)ccc1F)Nc1cccc2c1ccn2CC/C=C/Br. The van der Waals surface area contributed by atoms with Gasteiger partial charge in [0.15, 0.2) is 0 Å². The molecule has 0 bridgehead atoms. The molecule has 1 aromatic heterocycles. The number of carbonyl (C=O) groups excluding carboxylic acids is 1. The summed E-state index contributed by atoms with van der Waals surface area (Å²) in [7, 11) is 0. The minimum absolute atomic E-state index is 0.460. The number of benzene rings is 2. The van der Waals surface area contributed by atoms with Crippen molar-refractivity contribution in [3.63, 3.8) is 0 Å². The Morgan fingerprint density at radius 1 is 1.10 bits per heavy atom. The van der Waals surface area contributed by atoms with E-state index in [9.17, 15) is 22.4 Å². The summed E-state index contributed by atoms with van der Waals surface area (Å²) in [6.07, 6.45) is 0.00834. The fourth-order valence-corrected chi connectivity index (χ4v) is 3.14. The van der Waals surface area contributed by atoms with E-state index in [0.29, 0.717) is 23.9 Å². The lowest BCUT2D eigenvalue weighted by molar-refractivity contribution is -0.137. The smallest absolute Gasteiger partial charge is 0.347 e. The van der Waals surface area contributed by atoms with Crippen LogP contribution < -0.4 is 10.6 Å². The van der Waals surface area contributed by atoms with Crippen molar-refractivity contribution in [3.05, 3.63) is 71.1 Å². The van der Waals surface area contributed by atoms with Gasteiger partial charge in [0.2, 0.25) is 0 Å². The summed E-state index contributed by atoms with van der Waals surface area (Å²) in [6, 6.07) is 8.13. The van der Waals surface area contributed by atoms with Crippen molar-refractivity contribution in [1.82, 2.24) is 4.57 Å². The van der Waals surface area contributed by atoms with E-state index < -0.39 is 29.3 Å². The minimum atomic E-state index is -4.64. The van der Waals surface area contributed by atoms with Gasteiger partial charge in [-0.05, 0) is 47.8 Å². The van der Waals surface area contributed by atoms with Gasteiger partial charge in [0.1, 0.15) is 5.82 Å². The number of alkyl halides is 3. The molecule has 2 aromatic carbocycles. The maximum absolute atomic E-state index is 13.8. The second kappa shape index (κ2) is 8.69. The molecule has 0 spiro atoms. The lowest BCUT2D eigenvalue weighted by atomic mass is 10.2. The molecule has 152 valence electrons. The number of rotatable bonds is 5. The maximum atomic E-state index is 13.8. The van der Waals surface area contributed by atoms with Crippen LogP contribution in [-0.2, 0) is 12.7 Å². The van der Waals surface area contributed by atoms with Crippen LogP contribution in [0.5, 0.6) is 0 Å². The van der Waals surface area contributed by atoms with Crippen molar-refractivity contribution in [3.8, 4) is 0 Å². The molecule has 0 saturated heterocycles. The third-order valence-corrected chi connectivity index (χ3v) is 4.60. The predicted molar refractivity (Wildman–Crippen MR) is 109 cm³/mol. The van der Waals surface area contributed by atoms with Crippen molar-refractivity contribution < 1.29 is 22.4 Å². The van der Waals surface area contributed by atoms with Gasteiger partial charge < -0.3 is 15.2 Å². The number of nitrogens with one attached hydrogen (secondary N) is 2. The van der Waals surface area contributed by atoms with Crippen molar-refractivity contribution in [2.45, 2.75) is 19.1 Å². The average Bonchev–Trinajstić information content (AvgIpc) is 3.07. The van der Waals surface area contributed by atoms with Crippen LogP contribution in [0.2, 0.25) is 0 Å². The van der Waals surface area contributed by atoms with Gasteiger partial charge in [-0.2, -0.15) is 13.2 Å². The van der Waals surface area contributed by atoms with Gasteiger partial charge >= 0.3 is 12.2 Å². The predicted octanol–water partition coefficient (Wildman–Crippen LogP) is 6.74. The van der Waals surface area contributed by atoms with Crippen LogP contribution in [0.1, 0.15) is 12.0 Å². The molecular weight excluding hydrogens is 454 g/mol. The zero-order valence-corrected chi connectivity index (χ0v) is 16.5. The number of fused-ring (bicyclic) bond motifs is 1. The summed E-state index contributed by atoms with van der Waals surface area (Å²) in [5.74, 6) is -0.961. The first-order valence-corrected chi connectivity index (χ1v) is 9.49. The van der Waals surface area contributed by atoms with Crippen LogP contribution in [0.4, 0.5) is 33.7 Å². The summed E-state index contributed by atoms with van der Waals surface area (Å²) in [5, 5.41) is 5.46. The number of nitrogens with zero attached hydrogens (tertiary/aromatic N) is 1. The molecule has 0 radical (unpaired) electrons. The van der Waals surface area contributed by atoms with Crippen LogP contribution in [0.15, 0.2) is 59.7 Å². The number of hydrogen-bond donors (Lipinski definition) is 2. The molecule has 9 heteroatoms. The lowest BCUT2D eigenvalue weighted by Gasteiger charge is -2.12. The van der Waals surface area contributed by atoms with Crippen LogP contribution in [-0.4, -0.2) is 10.6 Å². The Morgan fingerprint density at radius 3 is 2.59 bits per heavy atom. The molecule has 2 N–H and O–H groups in total. The standard InChI is InChI=1S/C20H16BrF4N3O/c21-9-1-2-10-28-11-8-14-16(4-3-5-18(14)28)26-19(29)27-17-12-13(20(23,24)25)6-7-15(17)22/h1,3-9,11-12H,2,10H2,(H2,26,27,29)/b9-1+. The molecule has 1 heterocycles.